The summed E-state index contributed by atoms with van der Waals surface area (Å²) in [7, 11) is 0. The molecule has 1 aromatic rings. The highest BCUT2D eigenvalue weighted by atomic mass is 79.9. The quantitative estimate of drug-likeness (QED) is 0.888. The van der Waals surface area contributed by atoms with Crippen molar-refractivity contribution in [1.82, 2.24) is 5.32 Å². The fourth-order valence-electron chi connectivity index (χ4n) is 3.11. The second kappa shape index (κ2) is 5.18. The summed E-state index contributed by atoms with van der Waals surface area (Å²) in [5.74, 6) is 1.34. The zero-order chi connectivity index (χ0) is 12.6. The molecule has 0 bridgehead atoms. The fraction of sp³-hybridized carbons (Fsp3) is 0.600. The Hall–Kier alpha value is 0.01000. The minimum absolute atomic E-state index is 0.470. The molecule has 0 amide bonds. The van der Waals surface area contributed by atoms with Crippen molar-refractivity contribution in [2.24, 2.45) is 0 Å². The molecule has 2 unspecified atom stereocenters. The van der Waals surface area contributed by atoms with E-state index in [1.54, 1.807) is 0 Å². The van der Waals surface area contributed by atoms with Gasteiger partial charge in [-0.05, 0) is 61.6 Å². The van der Waals surface area contributed by atoms with E-state index in [4.69, 9.17) is 0 Å². The number of halogens is 1. The number of fused-ring (bicyclic) bond motifs is 1. The lowest BCUT2D eigenvalue weighted by Crippen LogP contribution is -2.34. The van der Waals surface area contributed by atoms with Gasteiger partial charge in [0.25, 0.3) is 0 Å². The summed E-state index contributed by atoms with van der Waals surface area (Å²) in [5, 5.41) is 3.80. The monoisotopic (exact) mass is 325 g/mol. The molecule has 1 N–H and O–H groups in total. The molecule has 2 atom stereocenters. The lowest BCUT2D eigenvalue weighted by molar-refractivity contribution is 0.469. The van der Waals surface area contributed by atoms with E-state index >= 15 is 0 Å². The summed E-state index contributed by atoms with van der Waals surface area (Å²) in [6, 6.07) is 7.31. The van der Waals surface area contributed by atoms with Crippen molar-refractivity contribution in [1.29, 1.82) is 0 Å². The molecule has 0 saturated carbocycles. The van der Waals surface area contributed by atoms with Crippen molar-refractivity contribution in [3.05, 3.63) is 33.8 Å². The van der Waals surface area contributed by atoms with E-state index in [1.165, 1.54) is 47.0 Å². The average Bonchev–Trinajstić information content (AvgIpc) is 2.93. The van der Waals surface area contributed by atoms with E-state index in [2.05, 4.69) is 58.1 Å². The van der Waals surface area contributed by atoms with Crippen molar-refractivity contribution in [3.63, 3.8) is 0 Å². The van der Waals surface area contributed by atoms with Crippen LogP contribution >= 0.6 is 27.7 Å². The Morgan fingerprint density at radius 1 is 1.50 bits per heavy atom. The van der Waals surface area contributed by atoms with Crippen LogP contribution in [0, 0.1) is 0 Å². The molecule has 1 aliphatic heterocycles. The van der Waals surface area contributed by atoms with Crippen molar-refractivity contribution in [2.75, 3.05) is 12.3 Å². The van der Waals surface area contributed by atoms with Gasteiger partial charge in [0, 0.05) is 21.8 Å². The number of rotatable bonds is 3. The summed E-state index contributed by atoms with van der Waals surface area (Å²) in [4.78, 5) is 0. The number of thioether (sulfide) groups is 1. The van der Waals surface area contributed by atoms with Crippen LogP contribution in [0.2, 0.25) is 0 Å². The molecule has 0 spiro atoms. The largest absolute Gasteiger partial charge is 0.309 e. The zero-order valence-electron chi connectivity index (χ0n) is 10.8. The summed E-state index contributed by atoms with van der Waals surface area (Å²) >= 11 is 5.70. The number of aryl methyl sites for hydroxylation is 1. The highest BCUT2D eigenvalue weighted by Gasteiger charge is 2.31. The highest BCUT2D eigenvalue weighted by Crippen LogP contribution is 2.39. The fourth-order valence-corrected chi connectivity index (χ4v) is 4.78. The maximum Gasteiger partial charge on any atom is 0.0326 e. The third-order valence-corrected chi connectivity index (χ3v) is 6.24. The van der Waals surface area contributed by atoms with Crippen LogP contribution in [0.4, 0.5) is 0 Å². The molecule has 1 aromatic carbocycles. The lowest BCUT2D eigenvalue weighted by Gasteiger charge is -2.26. The smallest absolute Gasteiger partial charge is 0.0326 e. The molecule has 0 radical (unpaired) electrons. The molecular weight excluding hydrogens is 306 g/mol. The van der Waals surface area contributed by atoms with Crippen LogP contribution in [0.3, 0.4) is 0 Å². The average molecular weight is 326 g/mol. The van der Waals surface area contributed by atoms with Gasteiger partial charge in [-0.1, -0.05) is 22.0 Å². The number of nitrogens with one attached hydrogen (secondary N) is 1. The molecule has 2 aliphatic rings. The van der Waals surface area contributed by atoms with Crippen molar-refractivity contribution in [3.8, 4) is 0 Å². The maximum atomic E-state index is 3.80. The molecular formula is C15H20BrNS. The van der Waals surface area contributed by atoms with Gasteiger partial charge in [0.05, 0.1) is 0 Å². The molecule has 98 valence electrons. The van der Waals surface area contributed by atoms with Gasteiger partial charge in [-0.2, -0.15) is 11.8 Å². The number of benzene rings is 1. The van der Waals surface area contributed by atoms with Crippen molar-refractivity contribution >= 4 is 27.7 Å². The van der Waals surface area contributed by atoms with Crippen LogP contribution in [0.1, 0.15) is 43.4 Å². The number of hydrogen-bond acceptors (Lipinski definition) is 2. The molecule has 1 fully saturated rings. The number of hydrogen-bond donors (Lipinski definition) is 1. The van der Waals surface area contributed by atoms with Gasteiger partial charge < -0.3 is 5.32 Å². The zero-order valence-corrected chi connectivity index (χ0v) is 13.2. The molecule has 1 nitrogen and oxygen atoms in total. The van der Waals surface area contributed by atoms with E-state index in [9.17, 15) is 0 Å². The SMILES string of the molecule is CC1(CNC2CCc3cc(Br)ccc32)CCCS1. The Morgan fingerprint density at radius 3 is 3.17 bits per heavy atom. The third kappa shape index (κ3) is 2.63. The highest BCUT2D eigenvalue weighted by molar-refractivity contribution is 9.10. The maximum absolute atomic E-state index is 3.80. The van der Waals surface area contributed by atoms with Crippen LogP contribution in [0.5, 0.6) is 0 Å². The van der Waals surface area contributed by atoms with Gasteiger partial charge in [0.1, 0.15) is 0 Å². The first kappa shape index (κ1) is 13.0. The van der Waals surface area contributed by atoms with Gasteiger partial charge in [-0.25, -0.2) is 0 Å². The molecule has 1 saturated heterocycles. The van der Waals surface area contributed by atoms with Crippen LogP contribution in [0.15, 0.2) is 22.7 Å². The molecule has 3 rings (SSSR count). The summed E-state index contributed by atoms with van der Waals surface area (Å²) in [5.41, 5.74) is 3.04. The molecule has 3 heteroatoms. The third-order valence-electron chi connectivity index (χ3n) is 4.21. The van der Waals surface area contributed by atoms with Gasteiger partial charge >= 0.3 is 0 Å². The summed E-state index contributed by atoms with van der Waals surface area (Å²) in [6.45, 7) is 3.56. The molecule has 0 aromatic heterocycles. The van der Waals surface area contributed by atoms with Crippen LogP contribution in [-0.2, 0) is 6.42 Å². The van der Waals surface area contributed by atoms with E-state index in [0.717, 1.165) is 6.54 Å². The van der Waals surface area contributed by atoms with E-state index in [0.29, 0.717) is 10.8 Å². The first-order chi connectivity index (χ1) is 8.66. The second-order valence-corrected chi connectivity index (χ2v) is 8.32. The topological polar surface area (TPSA) is 12.0 Å². The van der Waals surface area contributed by atoms with Gasteiger partial charge in [0.15, 0.2) is 0 Å². The minimum atomic E-state index is 0.470. The van der Waals surface area contributed by atoms with E-state index in [1.807, 2.05) is 0 Å². The van der Waals surface area contributed by atoms with E-state index < -0.39 is 0 Å². The van der Waals surface area contributed by atoms with Gasteiger partial charge in [0.2, 0.25) is 0 Å². The standard InChI is InChI=1S/C15H20BrNS/c1-15(7-2-8-18-15)10-17-14-6-3-11-9-12(16)4-5-13(11)14/h4-5,9,14,17H,2-3,6-8,10H2,1H3. The van der Waals surface area contributed by atoms with Crippen LogP contribution in [-0.4, -0.2) is 17.0 Å². The predicted molar refractivity (Wildman–Crippen MR) is 83.3 cm³/mol. The van der Waals surface area contributed by atoms with Crippen molar-refractivity contribution < 1.29 is 0 Å². The first-order valence-corrected chi connectivity index (χ1v) is 8.60. The van der Waals surface area contributed by atoms with Gasteiger partial charge in [-0.15, -0.1) is 0 Å². The Balaban J connectivity index is 1.66. The molecule has 1 aliphatic carbocycles. The van der Waals surface area contributed by atoms with Crippen molar-refractivity contribution in [2.45, 2.75) is 43.4 Å². The Labute approximate surface area is 122 Å². The Kier molecular flexibility index (Phi) is 3.75. The molecule has 18 heavy (non-hydrogen) atoms. The lowest BCUT2D eigenvalue weighted by atomic mass is 10.0. The normalized spacial score (nSPS) is 30.7. The van der Waals surface area contributed by atoms with Crippen LogP contribution in [0.25, 0.3) is 0 Å². The van der Waals surface area contributed by atoms with Gasteiger partial charge in [-0.3, -0.25) is 0 Å². The Morgan fingerprint density at radius 2 is 2.39 bits per heavy atom. The Bertz CT molecular complexity index is 440. The predicted octanol–water partition coefficient (Wildman–Crippen LogP) is 4.31. The minimum Gasteiger partial charge on any atom is -0.309 e. The summed E-state index contributed by atoms with van der Waals surface area (Å²) < 4.78 is 1.68. The second-order valence-electron chi connectivity index (χ2n) is 5.72. The first-order valence-electron chi connectivity index (χ1n) is 6.82. The van der Waals surface area contributed by atoms with E-state index in [-0.39, 0.29) is 0 Å². The summed E-state index contributed by atoms with van der Waals surface area (Å²) in [6.07, 6.45) is 5.23. The van der Waals surface area contributed by atoms with Crippen LogP contribution < -0.4 is 5.32 Å². The molecule has 1 heterocycles.